The number of aromatic amines is 1. The standard InChI is InChI=1S/C23H36FN6O11PS/c1-13(2)40-19(34)14(3)28-42(37,38-8-9-43-20(35)22(4,5)11-31)39-12-23(10-26-29-25)17(33)16(24)18(41-23)30-7-6-15(32)27-21(30)36/h6-7,13-14,16-18,31,33H,8-12H2,1-5H3,(H,28,37)(H,27,32,36)/t14?,16-,17+,18-,23-,42?/m1/s1. The Labute approximate surface area is 249 Å². The van der Waals surface area contributed by atoms with Crippen LogP contribution in [0.4, 0.5) is 4.39 Å². The summed E-state index contributed by atoms with van der Waals surface area (Å²) in [6.45, 7) is 5.07. The van der Waals surface area contributed by atoms with Gasteiger partial charge in [0.05, 0.1) is 37.9 Å². The number of ether oxygens (including phenoxy) is 2. The second-order valence-electron chi connectivity index (χ2n) is 10.5. The first-order chi connectivity index (χ1) is 20.0. The summed E-state index contributed by atoms with van der Waals surface area (Å²) in [4.78, 5) is 52.9. The van der Waals surface area contributed by atoms with Gasteiger partial charge >= 0.3 is 19.4 Å². The van der Waals surface area contributed by atoms with Crippen molar-refractivity contribution in [2.45, 2.75) is 70.9 Å². The minimum absolute atomic E-state index is 0.0468. The van der Waals surface area contributed by atoms with Gasteiger partial charge in [0.2, 0.25) is 0 Å². The van der Waals surface area contributed by atoms with Crippen LogP contribution in [0, 0.1) is 5.41 Å². The highest BCUT2D eigenvalue weighted by atomic mass is 32.2. The molecule has 2 heterocycles. The minimum atomic E-state index is -4.55. The molecule has 0 amide bonds. The van der Waals surface area contributed by atoms with Gasteiger partial charge in [-0.1, -0.05) is 16.9 Å². The number of azide groups is 1. The number of carbonyl (C=O) groups is 2. The highest BCUT2D eigenvalue weighted by Crippen LogP contribution is 2.48. The van der Waals surface area contributed by atoms with Crippen LogP contribution in [0.3, 0.4) is 0 Å². The maximum atomic E-state index is 15.3. The van der Waals surface area contributed by atoms with Crippen LogP contribution in [-0.4, -0.2) is 93.0 Å². The normalized spacial score (nSPS) is 24.3. The number of rotatable bonds is 16. The minimum Gasteiger partial charge on any atom is -0.462 e. The van der Waals surface area contributed by atoms with Crippen molar-refractivity contribution in [1.29, 1.82) is 0 Å². The molecule has 0 radical (unpaired) electrons. The zero-order chi connectivity index (χ0) is 32.6. The third-order valence-electron chi connectivity index (χ3n) is 6.06. The van der Waals surface area contributed by atoms with Crippen LogP contribution in [0.5, 0.6) is 0 Å². The number of aliphatic hydroxyl groups excluding tert-OH is 2. The molecule has 1 aromatic heterocycles. The fraction of sp³-hybridized carbons (Fsp3) is 0.739. The van der Waals surface area contributed by atoms with Crippen LogP contribution in [0.25, 0.3) is 10.4 Å². The Kier molecular flexibility index (Phi) is 13.1. The molecule has 1 aliphatic heterocycles. The van der Waals surface area contributed by atoms with E-state index in [0.29, 0.717) is 4.57 Å². The SMILES string of the molecule is CC(C)OC(=O)C(C)NP(=O)(OCCSC(=O)C(C)(C)CO)OC[C@@]1(CN=[N+]=[N-])O[C@@H](n2ccc(=O)[nH]c2=O)[C@H](F)[C@@H]1O. The summed E-state index contributed by atoms with van der Waals surface area (Å²) in [5.41, 5.74) is 3.80. The first-order valence-electron chi connectivity index (χ1n) is 13.0. The molecule has 1 saturated heterocycles. The van der Waals surface area contributed by atoms with Crippen LogP contribution >= 0.6 is 19.5 Å². The number of nitrogens with one attached hydrogen (secondary N) is 2. The van der Waals surface area contributed by atoms with Crippen molar-refractivity contribution in [2.24, 2.45) is 10.5 Å². The molecule has 0 spiro atoms. The van der Waals surface area contributed by atoms with Crippen molar-refractivity contribution in [3.8, 4) is 0 Å². The van der Waals surface area contributed by atoms with E-state index in [9.17, 15) is 34.0 Å². The van der Waals surface area contributed by atoms with Gasteiger partial charge in [-0.2, -0.15) is 0 Å². The second-order valence-corrected chi connectivity index (χ2v) is 13.3. The van der Waals surface area contributed by atoms with E-state index < -0.39 is 86.4 Å². The van der Waals surface area contributed by atoms with E-state index in [4.69, 9.17) is 24.1 Å². The van der Waals surface area contributed by atoms with E-state index in [1.807, 2.05) is 4.98 Å². The van der Waals surface area contributed by atoms with Gasteiger partial charge in [-0.3, -0.25) is 33.0 Å². The lowest BCUT2D eigenvalue weighted by Gasteiger charge is -2.32. The van der Waals surface area contributed by atoms with E-state index in [1.54, 1.807) is 13.8 Å². The third-order valence-corrected chi connectivity index (χ3v) is 8.94. The average molecular weight is 655 g/mol. The fourth-order valence-electron chi connectivity index (χ4n) is 3.59. The van der Waals surface area contributed by atoms with Crippen LogP contribution in [0.2, 0.25) is 0 Å². The van der Waals surface area contributed by atoms with E-state index in [1.165, 1.54) is 20.8 Å². The summed E-state index contributed by atoms with van der Waals surface area (Å²) in [5.74, 6) is -0.867. The number of hydrogen-bond acceptors (Lipinski definition) is 13. The van der Waals surface area contributed by atoms with E-state index in [-0.39, 0.29) is 17.5 Å². The zero-order valence-corrected chi connectivity index (χ0v) is 25.9. The molecule has 2 unspecified atom stereocenters. The molecule has 6 atom stereocenters. The quantitative estimate of drug-likeness (QED) is 0.0489. The number of aromatic nitrogens is 2. The van der Waals surface area contributed by atoms with Crippen molar-refractivity contribution in [1.82, 2.24) is 14.6 Å². The number of nitrogens with zero attached hydrogens (tertiary/aromatic N) is 4. The molecule has 1 aliphatic rings. The molecule has 0 saturated carbocycles. The number of esters is 1. The molecule has 2 rings (SSSR count). The Bertz CT molecular complexity index is 1350. The predicted molar refractivity (Wildman–Crippen MR) is 151 cm³/mol. The van der Waals surface area contributed by atoms with Crippen molar-refractivity contribution in [3.63, 3.8) is 0 Å². The summed E-state index contributed by atoms with van der Waals surface area (Å²) >= 11 is 0.790. The molecule has 0 aliphatic carbocycles. The van der Waals surface area contributed by atoms with Gasteiger partial charge in [-0.05, 0) is 40.1 Å². The molecule has 0 aromatic carbocycles. The van der Waals surface area contributed by atoms with Crippen LogP contribution in [0.1, 0.15) is 40.8 Å². The van der Waals surface area contributed by atoms with E-state index in [0.717, 1.165) is 24.0 Å². The topological polar surface area (TPSA) is 244 Å². The van der Waals surface area contributed by atoms with Crippen molar-refractivity contribution < 1.29 is 47.3 Å². The number of aliphatic hydroxyl groups is 2. The fourth-order valence-corrected chi connectivity index (χ4v) is 6.04. The zero-order valence-electron chi connectivity index (χ0n) is 24.2. The lowest BCUT2D eigenvalue weighted by Crippen LogP contribution is -2.49. The molecule has 242 valence electrons. The Hall–Kier alpha value is -2.60. The Balaban J connectivity index is 2.32. The van der Waals surface area contributed by atoms with Crippen molar-refractivity contribution >= 4 is 30.6 Å². The summed E-state index contributed by atoms with van der Waals surface area (Å²) in [5, 5.41) is 25.5. The van der Waals surface area contributed by atoms with Gasteiger partial charge in [0.25, 0.3) is 5.56 Å². The first-order valence-corrected chi connectivity index (χ1v) is 15.5. The molecule has 4 N–H and O–H groups in total. The second kappa shape index (κ2) is 15.4. The average Bonchev–Trinajstić information content (AvgIpc) is 3.18. The molecular formula is C23H36FN6O11PS. The summed E-state index contributed by atoms with van der Waals surface area (Å²) < 4.78 is 51.4. The maximum absolute atomic E-state index is 15.3. The number of alkyl halides is 1. The van der Waals surface area contributed by atoms with Crippen LogP contribution in [0.15, 0.2) is 27.0 Å². The number of hydrogen-bond donors (Lipinski definition) is 4. The third kappa shape index (κ3) is 9.69. The summed E-state index contributed by atoms with van der Waals surface area (Å²) in [6, 6.07) is -0.346. The van der Waals surface area contributed by atoms with Crippen molar-refractivity contribution in [3.05, 3.63) is 43.5 Å². The van der Waals surface area contributed by atoms with Crippen molar-refractivity contribution in [2.75, 3.05) is 32.1 Å². The highest BCUT2D eigenvalue weighted by Gasteiger charge is 2.57. The largest absolute Gasteiger partial charge is 0.462 e. The number of halogens is 1. The number of thioether (sulfide) groups is 1. The smallest absolute Gasteiger partial charge is 0.406 e. The molecule has 17 nitrogen and oxygen atoms in total. The lowest BCUT2D eigenvalue weighted by molar-refractivity contribution is -0.149. The van der Waals surface area contributed by atoms with Crippen LogP contribution < -0.4 is 16.3 Å². The molecule has 43 heavy (non-hydrogen) atoms. The Morgan fingerprint density at radius 1 is 1.37 bits per heavy atom. The van der Waals surface area contributed by atoms with Gasteiger partial charge in [0, 0.05) is 22.9 Å². The predicted octanol–water partition coefficient (Wildman–Crippen LogP) is 1.16. The summed E-state index contributed by atoms with van der Waals surface area (Å²) in [7, 11) is -4.55. The van der Waals surface area contributed by atoms with E-state index >= 15 is 4.39 Å². The molecule has 20 heteroatoms. The molecule has 1 aromatic rings. The molecule has 1 fully saturated rings. The van der Waals surface area contributed by atoms with Gasteiger partial charge in [-0.15, -0.1) is 0 Å². The van der Waals surface area contributed by atoms with Crippen LogP contribution in [-0.2, 0) is 32.7 Å². The Morgan fingerprint density at radius 2 is 2.05 bits per heavy atom. The highest BCUT2D eigenvalue weighted by molar-refractivity contribution is 8.13. The van der Waals surface area contributed by atoms with E-state index in [2.05, 4.69) is 15.1 Å². The molecular weight excluding hydrogens is 618 g/mol. The van der Waals surface area contributed by atoms with Gasteiger partial charge in [0.1, 0.15) is 17.7 Å². The first kappa shape index (κ1) is 36.6. The maximum Gasteiger partial charge on any atom is 0.406 e. The van der Waals surface area contributed by atoms with Gasteiger partial charge in [0.15, 0.2) is 17.5 Å². The number of H-pyrrole nitrogens is 1. The summed E-state index contributed by atoms with van der Waals surface area (Å²) in [6.07, 6.45) is -5.81. The lowest BCUT2D eigenvalue weighted by atomic mass is 9.97. The number of carbonyl (C=O) groups excluding carboxylic acids is 2. The molecule has 0 bridgehead atoms. The van der Waals surface area contributed by atoms with Gasteiger partial charge in [-0.25, -0.2) is 18.8 Å². The van der Waals surface area contributed by atoms with Gasteiger partial charge < -0.3 is 19.7 Å². The Morgan fingerprint density at radius 3 is 2.63 bits per heavy atom. The monoisotopic (exact) mass is 654 g/mol.